The third-order valence-corrected chi connectivity index (χ3v) is 7.72. The molecule has 1 aromatic carbocycles. The van der Waals surface area contributed by atoms with Gasteiger partial charge in [-0.15, -0.1) is 0 Å². The zero-order valence-corrected chi connectivity index (χ0v) is 14.3. The van der Waals surface area contributed by atoms with Crippen molar-refractivity contribution in [2.75, 3.05) is 0 Å². The molecule has 1 aromatic rings. The number of halogens is 2. The molecule has 3 unspecified atom stereocenters. The topological polar surface area (TPSA) is 0 Å². The molecule has 114 valence electrons. The van der Waals surface area contributed by atoms with E-state index in [4.69, 9.17) is 0 Å². The molecule has 0 aromatic heterocycles. The van der Waals surface area contributed by atoms with Gasteiger partial charge < -0.3 is 0 Å². The lowest BCUT2D eigenvalue weighted by Crippen LogP contribution is -2.54. The minimum atomic E-state index is -0.0436. The van der Waals surface area contributed by atoms with Crippen molar-refractivity contribution < 1.29 is 4.39 Å². The molecule has 4 saturated carbocycles. The van der Waals surface area contributed by atoms with Crippen molar-refractivity contribution >= 4 is 15.9 Å². The van der Waals surface area contributed by atoms with Crippen LogP contribution in [0.2, 0.25) is 0 Å². The van der Waals surface area contributed by atoms with E-state index in [9.17, 15) is 4.39 Å². The van der Waals surface area contributed by atoms with Gasteiger partial charge in [-0.05, 0) is 79.2 Å². The van der Waals surface area contributed by atoms with Gasteiger partial charge in [-0.3, -0.25) is 0 Å². The summed E-state index contributed by atoms with van der Waals surface area (Å²) >= 11 is 3.99. The zero-order chi connectivity index (χ0) is 14.7. The van der Waals surface area contributed by atoms with E-state index in [0.717, 1.165) is 23.8 Å². The van der Waals surface area contributed by atoms with E-state index in [1.54, 1.807) is 12.1 Å². The molecule has 0 saturated heterocycles. The van der Waals surface area contributed by atoms with Crippen LogP contribution in [0.15, 0.2) is 24.3 Å². The average Bonchev–Trinajstić information content (AvgIpc) is 2.38. The third kappa shape index (κ3) is 2.38. The summed E-state index contributed by atoms with van der Waals surface area (Å²) in [5.74, 6) is 1.81. The predicted octanol–water partition coefficient (Wildman–Crippen LogP) is 5.74. The lowest BCUT2D eigenvalue weighted by Gasteiger charge is -2.63. The molecule has 4 aliphatic carbocycles. The van der Waals surface area contributed by atoms with Crippen molar-refractivity contribution in [1.82, 2.24) is 0 Å². The second-order valence-electron chi connectivity index (χ2n) is 8.40. The fourth-order valence-corrected chi connectivity index (χ4v) is 7.12. The van der Waals surface area contributed by atoms with E-state index in [1.165, 1.54) is 38.5 Å². The fourth-order valence-electron chi connectivity index (χ4n) is 6.24. The normalized spacial score (nSPS) is 42.2. The molecule has 5 rings (SSSR count). The quantitative estimate of drug-likeness (QED) is 0.610. The summed E-state index contributed by atoms with van der Waals surface area (Å²) < 4.78 is 14.0. The number of hydrogen-bond acceptors (Lipinski definition) is 0. The summed E-state index contributed by atoms with van der Waals surface area (Å²) in [5, 5.41) is 0. The summed E-state index contributed by atoms with van der Waals surface area (Å²) in [6, 6.07) is 7.29. The number of alkyl halides is 1. The average molecular weight is 351 g/mol. The van der Waals surface area contributed by atoms with E-state index < -0.39 is 0 Å². The zero-order valence-electron chi connectivity index (χ0n) is 12.7. The van der Waals surface area contributed by atoms with Crippen LogP contribution in [0.3, 0.4) is 0 Å². The SMILES string of the molecule is CC12CC3CC(C1)CC(C(Br)Cc1ccccc1F)(C3)C2. The Morgan fingerprint density at radius 3 is 2.48 bits per heavy atom. The first kappa shape index (κ1) is 14.2. The van der Waals surface area contributed by atoms with Crippen molar-refractivity contribution in [2.45, 2.75) is 56.7 Å². The molecule has 21 heavy (non-hydrogen) atoms. The molecule has 4 bridgehead atoms. The minimum Gasteiger partial charge on any atom is -0.207 e. The molecule has 0 radical (unpaired) electrons. The van der Waals surface area contributed by atoms with Gasteiger partial charge in [-0.1, -0.05) is 41.1 Å². The molecular formula is C19H24BrF. The maximum atomic E-state index is 14.0. The standard InChI is InChI=1S/C19H24BrF/c1-18-8-13-6-14(9-18)11-19(10-13,12-18)17(20)7-15-4-2-3-5-16(15)21/h2-5,13-14,17H,6-12H2,1H3. The Morgan fingerprint density at radius 1 is 1.19 bits per heavy atom. The van der Waals surface area contributed by atoms with Gasteiger partial charge in [0.15, 0.2) is 0 Å². The number of rotatable bonds is 3. The Bertz CT molecular complexity index is 538. The monoisotopic (exact) mass is 350 g/mol. The van der Waals surface area contributed by atoms with Crippen LogP contribution in [-0.4, -0.2) is 4.83 Å². The lowest BCUT2D eigenvalue weighted by molar-refractivity contribution is -0.101. The Morgan fingerprint density at radius 2 is 1.86 bits per heavy atom. The Balaban J connectivity index is 1.59. The number of hydrogen-bond donors (Lipinski definition) is 0. The highest BCUT2D eigenvalue weighted by Gasteiger charge is 2.57. The van der Waals surface area contributed by atoms with Crippen molar-refractivity contribution in [3.8, 4) is 0 Å². The van der Waals surface area contributed by atoms with Crippen LogP contribution in [0.4, 0.5) is 4.39 Å². The molecule has 2 heteroatoms. The van der Waals surface area contributed by atoms with Gasteiger partial charge in [0.05, 0.1) is 0 Å². The van der Waals surface area contributed by atoms with Crippen LogP contribution in [-0.2, 0) is 6.42 Å². The lowest BCUT2D eigenvalue weighted by atomic mass is 9.44. The Hall–Kier alpha value is -0.370. The highest BCUT2D eigenvalue weighted by Crippen LogP contribution is 2.67. The molecule has 0 N–H and O–H groups in total. The maximum absolute atomic E-state index is 14.0. The van der Waals surface area contributed by atoms with E-state index in [2.05, 4.69) is 22.9 Å². The van der Waals surface area contributed by atoms with Crippen LogP contribution in [0.1, 0.15) is 51.0 Å². The summed E-state index contributed by atoms with van der Waals surface area (Å²) in [5.41, 5.74) is 1.85. The molecule has 0 spiro atoms. The second-order valence-corrected chi connectivity index (χ2v) is 9.50. The first-order valence-electron chi connectivity index (χ1n) is 8.36. The van der Waals surface area contributed by atoms with Gasteiger partial charge in [-0.2, -0.15) is 0 Å². The molecular weight excluding hydrogens is 327 g/mol. The summed E-state index contributed by atoms with van der Waals surface area (Å²) in [6.07, 6.45) is 9.23. The fraction of sp³-hybridized carbons (Fsp3) is 0.684. The van der Waals surface area contributed by atoms with Crippen LogP contribution >= 0.6 is 15.9 Å². The largest absolute Gasteiger partial charge is 0.207 e. The van der Waals surface area contributed by atoms with Crippen LogP contribution in [0, 0.1) is 28.5 Å². The van der Waals surface area contributed by atoms with Gasteiger partial charge in [0.25, 0.3) is 0 Å². The van der Waals surface area contributed by atoms with Crippen molar-refractivity contribution in [3.63, 3.8) is 0 Å². The first-order chi connectivity index (χ1) is 9.98. The van der Waals surface area contributed by atoms with Crippen molar-refractivity contribution in [2.24, 2.45) is 22.7 Å². The highest BCUT2D eigenvalue weighted by molar-refractivity contribution is 9.09. The maximum Gasteiger partial charge on any atom is 0.126 e. The van der Waals surface area contributed by atoms with E-state index >= 15 is 0 Å². The van der Waals surface area contributed by atoms with Gasteiger partial charge in [0.2, 0.25) is 0 Å². The molecule has 0 heterocycles. The highest BCUT2D eigenvalue weighted by atomic mass is 79.9. The van der Waals surface area contributed by atoms with Gasteiger partial charge >= 0.3 is 0 Å². The van der Waals surface area contributed by atoms with Crippen LogP contribution in [0.25, 0.3) is 0 Å². The molecule has 0 nitrogen and oxygen atoms in total. The van der Waals surface area contributed by atoms with Crippen LogP contribution in [0.5, 0.6) is 0 Å². The van der Waals surface area contributed by atoms with Gasteiger partial charge in [0, 0.05) is 4.83 Å². The molecule has 0 amide bonds. The van der Waals surface area contributed by atoms with Gasteiger partial charge in [0.1, 0.15) is 5.82 Å². The minimum absolute atomic E-state index is 0.0436. The number of benzene rings is 1. The van der Waals surface area contributed by atoms with E-state index in [0.29, 0.717) is 15.7 Å². The Labute approximate surface area is 135 Å². The van der Waals surface area contributed by atoms with Gasteiger partial charge in [-0.25, -0.2) is 4.39 Å². The van der Waals surface area contributed by atoms with Crippen molar-refractivity contribution in [1.29, 1.82) is 0 Å². The molecule has 4 fully saturated rings. The van der Waals surface area contributed by atoms with Crippen molar-refractivity contribution in [3.05, 3.63) is 35.6 Å². The third-order valence-electron chi connectivity index (χ3n) is 6.42. The Kier molecular flexibility index (Phi) is 3.26. The summed E-state index contributed by atoms with van der Waals surface area (Å²) in [4.78, 5) is 0.423. The predicted molar refractivity (Wildman–Crippen MR) is 88.0 cm³/mol. The smallest absolute Gasteiger partial charge is 0.126 e. The van der Waals surface area contributed by atoms with E-state index in [-0.39, 0.29) is 5.82 Å². The molecule has 0 aliphatic heterocycles. The van der Waals surface area contributed by atoms with E-state index in [1.807, 2.05) is 12.1 Å². The molecule has 3 atom stereocenters. The first-order valence-corrected chi connectivity index (χ1v) is 9.27. The summed E-state index contributed by atoms with van der Waals surface area (Å²) in [7, 11) is 0. The second kappa shape index (κ2) is 4.81. The summed E-state index contributed by atoms with van der Waals surface area (Å²) in [6.45, 7) is 2.50. The van der Waals surface area contributed by atoms with Crippen LogP contribution < -0.4 is 0 Å². The molecule has 4 aliphatic rings.